The van der Waals surface area contributed by atoms with E-state index >= 15 is 0 Å². The Hall–Kier alpha value is -1.10. The van der Waals surface area contributed by atoms with Crippen molar-refractivity contribution in [2.75, 3.05) is 20.3 Å². The van der Waals surface area contributed by atoms with Gasteiger partial charge < -0.3 is 15.0 Å². The molecule has 3 rings (SSSR count). The lowest BCUT2D eigenvalue weighted by Crippen LogP contribution is -2.70. The third kappa shape index (κ3) is 2.32. The van der Waals surface area contributed by atoms with E-state index in [1.165, 1.54) is 0 Å². The van der Waals surface area contributed by atoms with Gasteiger partial charge in [0.15, 0.2) is 0 Å². The second-order valence-electron chi connectivity index (χ2n) is 6.59. The molecule has 0 radical (unpaired) electrons. The summed E-state index contributed by atoms with van der Waals surface area (Å²) in [5, 5.41) is 3.03. The lowest BCUT2D eigenvalue weighted by Gasteiger charge is -2.45. The summed E-state index contributed by atoms with van der Waals surface area (Å²) >= 11 is 0. The van der Waals surface area contributed by atoms with Gasteiger partial charge in [0.05, 0.1) is 0 Å². The van der Waals surface area contributed by atoms with E-state index in [0.29, 0.717) is 25.0 Å². The summed E-state index contributed by atoms with van der Waals surface area (Å²) in [6.45, 7) is 3.16. The quantitative estimate of drug-likeness (QED) is 0.736. The van der Waals surface area contributed by atoms with Crippen LogP contribution in [-0.4, -0.2) is 48.6 Å². The van der Waals surface area contributed by atoms with Crippen molar-refractivity contribution in [3.8, 4) is 0 Å². The maximum Gasteiger partial charge on any atom is 0.249 e. The Bertz CT molecular complexity index is 417. The first-order chi connectivity index (χ1) is 9.58. The zero-order chi connectivity index (χ0) is 14.3. The van der Waals surface area contributed by atoms with Gasteiger partial charge in [0.2, 0.25) is 11.8 Å². The normalized spacial score (nSPS) is 34.3. The molecule has 2 atom stereocenters. The Balaban J connectivity index is 1.78. The van der Waals surface area contributed by atoms with Crippen LogP contribution in [0, 0.1) is 11.8 Å². The molecule has 0 spiro atoms. The van der Waals surface area contributed by atoms with Crippen molar-refractivity contribution in [1.82, 2.24) is 10.2 Å². The predicted molar refractivity (Wildman–Crippen MR) is 74.0 cm³/mol. The predicted octanol–water partition coefficient (Wildman–Crippen LogP) is 0.929. The summed E-state index contributed by atoms with van der Waals surface area (Å²) < 4.78 is 5.08. The minimum Gasteiger partial charge on any atom is -0.385 e. The van der Waals surface area contributed by atoms with Crippen LogP contribution in [0.4, 0.5) is 0 Å². The Kier molecular flexibility index (Phi) is 3.48. The van der Waals surface area contributed by atoms with Crippen molar-refractivity contribution >= 4 is 11.8 Å². The Labute approximate surface area is 120 Å². The molecule has 2 saturated carbocycles. The van der Waals surface area contributed by atoms with Gasteiger partial charge in [-0.25, -0.2) is 0 Å². The van der Waals surface area contributed by atoms with Gasteiger partial charge in [0, 0.05) is 20.3 Å². The summed E-state index contributed by atoms with van der Waals surface area (Å²) in [5.41, 5.74) is -0.671. The number of hydrogen-bond acceptors (Lipinski definition) is 3. The van der Waals surface area contributed by atoms with Crippen LogP contribution in [0.1, 0.15) is 39.0 Å². The summed E-state index contributed by atoms with van der Waals surface area (Å²) in [7, 11) is 1.66. The van der Waals surface area contributed by atoms with E-state index in [0.717, 1.165) is 32.1 Å². The largest absolute Gasteiger partial charge is 0.385 e. The molecule has 0 bridgehead atoms. The smallest absolute Gasteiger partial charge is 0.249 e. The third-order valence-electron chi connectivity index (χ3n) is 4.90. The van der Waals surface area contributed by atoms with Crippen LogP contribution >= 0.6 is 0 Å². The second kappa shape index (κ2) is 5.02. The fourth-order valence-electron chi connectivity index (χ4n) is 3.39. The van der Waals surface area contributed by atoms with E-state index in [2.05, 4.69) is 5.32 Å². The van der Waals surface area contributed by atoms with Crippen LogP contribution in [-0.2, 0) is 14.3 Å². The second-order valence-corrected chi connectivity index (χ2v) is 6.59. The standard InChI is InChI=1S/C15H24N2O3/c1-15(11-6-7-11)14(19)17(8-3-9-20-2)12(10-4-5-10)13(18)16-15/h10-12H,3-9H2,1-2H3,(H,16,18). The number of nitrogens with one attached hydrogen (secondary N) is 1. The van der Waals surface area contributed by atoms with Crippen LogP contribution in [0.15, 0.2) is 0 Å². The fraction of sp³-hybridized carbons (Fsp3) is 0.867. The molecule has 1 aliphatic heterocycles. The Morgan fingerprint density at radius 1 is 1.30 bits per heavy atom. The van der Waals surface area contributed by atoms with Crippen molar-refractivity contribution in [2.45, 2.75) is 50.6 Å². The molecule has 0 aromatic carbocycles. The van der Waals surface area contributed by atoms with Gasteiger partial charge >= 0.3 is 0 Å². The molecule has 1 saturated heterocycles. The highest BCUT2D eigenvalue weighted by Crippen LogP contribution is 2.45. The van der Waals surface area contributed by atoms with Crippen molar-refractivity contribution in [3.05, 3.63) is 0 Å². The molecule has 1 heterocycles. The molecule has 2 unspecified atom stereocenters. The highest BCUT2D eigenvalue weighted by Gasteiger charge is 2.57. The molecule has 5 heteroatoms. The van der Waals surface area contributed by atoms with Crippen LogP contribution in [0.25, 0.3) is 0 Å². The number of rotatable bonds is 6. The molecule has 20 heavy (non-hydrogen) atoms. The maximum absolute atomic E-state index is 12.9. The number of carbonyl (C=O) groups excluding carboxylic acids is 2. The van der Waals surface area contributed by atoms with Gasteiger partial charge in [-0.15, -0.1) is 0 Å². The van der Waals surface area contributed by atoms with E-state index in [1.54, 1.807) is 7.11 Å². The number of piperazine rings is 1. The lowest BCUT2D eigenvalue weighted by atomic mass is 9.88. The fourth-order valence-corrected chi connectivity index (χ4v) is 3.39. The van der Waals surface area contributed by atoms with Crippen molar-refractivity contribution in [1.29, 1.82) is 0 Å². The minimum absolute atomic E-state index is 0.0546. The first-order valence-electron chi connectivity index (χ1n) is 7.70. The summed E-state index contributed by atoms with van der Waals surface area (Å²) in [6, 6.07) is -0.244. The van der Waals surface area contributed by atoms with Gasteiger partial charge in [0.1, 0.15) is 11.6 Å². The molecule has 0 aromatic heterocycles. The van der Waals surface area contributed by atoms with E-state index < -0.39 is 5.54 Å². The molecule has 5 nitrogen and oxygen atoms in total. The Morgan fingerprint density at radius 3 is 2.55 bits per heavy atom. The van der Waals surface area contributed by atoms with Crippen molar-refractivity contribution in [2.24, 2.45) is 11.8 Å². The SMILES string of the molecule is COCCCN1C(=O)C(C)(C2CC2)NC(=O)C1C1CC1. The summed E-state index contributed by atoms with van der Waals surface area (Å²) in [4.78, 5) is 27.2. The first-order valence-corrected chi connectivity index (χ1v) is 7.70. The number of carbonyl (C=O) groups is 2. The summed E-state index contributed by atoms with van der Waals surface area (Å²) in [6.07, 6.45) is 5.00. The number of methoxy groups -OCH3 is 1. The molecule has 2 amide bonds. The van der Waals surface area contributed by atoms with Gasteiger partial charge in [-0.2, -0.15) is 0 Å². The number of ether oxygens (including phenoxy) is 1. The molecule has 2 aliphatic carbocycles. The van der Waals surface area contributed by atoms with Gasteiger partial charge in [-0.05, 0) is 50.9 Å². The van der Waals surface area contributed by atoms with Crippen LogP contribution in [0.3, 0.4) is 0 Å². The zero-order valence-electron chi connectivity index (χ0n) is 12.4. The number of hydrogen-bond donors (Lipinski definition) is 1. The molecule has 1 N–H and O–H groups in total. The van der Waals surface area contributed by atoms with Crippen LogP contribution in [0.2, 0.25) is 0 Å². The van der Waals surface area contributed by atoms with E-state index in [1.807, 2.05) is 11.8 Å². The lowest BCUT2D eigenvalue weighted by molar-refractivity contribution is -0.156. The monoisotopic (exact) mass is 280 g/mol. The molecular formula is C15H24N2O3. The zero-order valence-corrected chi connectivity index (χ0v) is 12.4. The highest BCUT2D eigenvalue weighted by molar-refractivity contribution is 6.00. The van der Waals surface area contributed by atoms with Crippen LogP contribution < -0.4 is 5.32 Å². The van der Waals surface area contributed by atoms with E-state index in [9.17, 15) is 9.59 Å². The van der Waals surface area contributed by atoms with Gasteiger partial charge in [-0.3, -0.25) is 9.59 Å². The van der Waals surface area contributed by atoms with Crippen LogP contribution in [0.5, 0.6) is 0 Å². The molecule has 3 fully saturated rings. The molecular weight excluding hydrogens is 256 g/mol. The van der Waals surface area contributed by atoms with Gasteiger partial charge in [-0.1, -0.05) is 0 Å². The average molecular weight is 280 g/mol. The molecule has 3 aliphatic rings. The summed E-state index contributed by atoms with van der Waals surface area (Å²) in [5.74, 6) is 0.862. The van der Waals surface area contributed by atoms with E-state index in [-0.39, 0.29) is 17.9 Å². The van der Waals surface area contributed by atoms with E-state index in [4.69, 9.17) is 4.74 Å². The topological polar surface area (TPSA) is 58.6 Å². The number of nitrogens with zero attached hydrogens (tertiary/aromatic N) is 1. The Morgan fingerprint density at radius 2 is 2.00 bits per heavy atom. The molecule has 0 aromatic rings. The van der Waals surface area contributed by atoms with Crippen molar-refractivity contribution < 1.29 is 14.3 Å². The minimum atomic E-state index is -0.671. The maximum atomic E-state index is 12.9. The van der Waals surface area contributed by atoms with Crippen molar-refractivity contribution in [3.63, 3.8) is 0 Å². The average Bonchev–Trinajstić information content (AvgIpc) is 3.28. The number of amides is 2. The molecule has 112 valence electrons. The third-order valence-corrected chi connectivity index (χ3v) is 4.90. The highest BCUT2D eigenvalue weighted by atomic mass is 16.5. The van der Waals surface area contributed by atoms with Gasteiger partial charge in [0.25, 0.3) is 0 Å². The first kappa shape index (κ1) is 13.9.